The minimum atomic E-state index is 1.17. The summed E-state index contributed by atoms with van der Waals surface area (Å²) in [6.45, 7) is 0. The molecule has 0 aliphatic heterocycles. The Morgan fingerprint density at radius 3 is 1.91 bits per heavy atom. The number of aromatic nitrogens is 2. The van der Waals surface area contributed by atoms with Crippen LogP contribution in [0.2, 0.25) is 0 Å². The van der Waals surface area contributed by atoms with Crippen LogP contribution in [-0.4, -0.2) is 8.97 Å². The Morgan fingerprint density at radius 2 is 1.18 bits per heavy atom. The van der Waals surface area contributed by atoms with Crippen molar-refractivity contribution in [2.24, 2.45) is 0 Å². The first-order valence-corrected chi connectivity index (χ1v) is 7.48. The molecule has 3 heterocycles. The van der Waals surface area contributed by atoms with Crippen LogP contribution in [0.1, 0.15) is 0 Å². The van der Waals surface area contributed by atoms with Crippen molar-refractivity contribution < 1.29 is 0 Å². The third-order valence-corrected chi connectivity index (χ3v) is 4.35. The molecule has 0 spiro atoms. The molecular weight excluding hydrogens is 268 g/mol. The Bertz CT molecular complexity index is 1080. The molecule has 2 heteroatoms. The van der Waals surface area contributed by atoms with Gasteiger partial charge in [0.1, 0.15) is 5.82 Å². The van der Waals surface area contributed by atoms with E-state index >= 15 is 0 Å². The van der Waals surface area contributed by atoms with E-state index in [1.165, 1.54) is 33.1 Å². The van der Waals surface area contributed by atoms with E-state index in [0.717, 1.165) is 0 Å². The zero-order chi connectivity index (χ0) is 14.5. The first-order valence-electron chi connectivity index (χ1n) is 7.48. The smallest absolute Gasteiger partial charge is 0.122 e. The van der Waals surface area contributed by atoms with Crippen molar-refractivity contribution in [3.8, 4) is 5.82 Å². The highest BCUT2D eigenvalue weighted by molar-refractivity contribution is 6.09. The van der Waals surface area contributed by atoms with E-state index in [1.807, 2.05) is 0 Å². The molecule has 0 bridgehead atoms. The molecule has 3 aromatic heterocycles. The average molecular weight is 282 g/mol. The second-order valence-corrected chi connectivity index (χ2v) is 5.56. The van der Waals surface area contributed by atoms with Gasteiger partial charge in [0.25, 0.3) is 0 Å². The zero-order valence-corrected chi connectivity index (χ0v) is 12.0. The molecule has 0 aliphatic rings. The van der Waals surface area contributed by atoms with Crippen LogP contribution in [0.4, 0.5) is 0 Å². The summed E-state index contributed by atoms with van der Waals surface area (Å²) < 4.78 is 4.58. The van der Waals surface area contributed by atoms with Crippen LogP contribution in [0.3, 0.4) is 0 Å². The van der Waals surface area contributed by atoms with Gasteiger partial charge in [-0.2, -0.15) is 0 Å². The maximum atomic E-state index is 2.34. The lowest BCUT2D eigenvalue weighted by Crippen LogP contribution is -1.98. The van der Waals surface area contributed by atoms with E-state index in [-0.39, 0.29) is 0 Å². The molecule has 0 fully saturated rings. The Kier molecular flexibility index (Phi) is 2.25. The molecule has 2 aromatic carbocycles. The molecule has 22 heavy (non-hydrogen) atoms. The fourth-order valence-corrected chi connectivity index (χ4v) is 3.39. The molecule has 0 amide bonds. The summed E-state index contributed by atoms with van der Waals surface area (Å²) in [5, 5.41) is 2.59. The lowest BCUT2D eigenvalue weighted by molar-refractivity contribution is 1.04. The number of hydrogen-bond acceptors (Lipinski definition) is 0. The van der Waals surface area contributed by atoms with Gasteiger partial charge in [-0.15, -0.1) is 0 Å². The van der Waals surface area contributed by atoms with Crippen molar-refractivity contribution in [3.05, 3.63) is 85.1 Å². The van der Waals surface area contributed by atoms with Gasteiger partial charge in [0.15, 0.2) is 0 Å². The van der Waals surface area contributed by atoms with E-state index in [2.05, 4.69) is 94.0 Å². The molecule has 0 atom stereocenters. The summed E-state index contributed by atoms with van der Waals surface area (Å²) in [4.78, 5) is 0. The minimum absolute atomic E-state index is 1.17. The van der Waals surface area contributed by atoms with E-state index in [1.54, 1.807) is 0 Å². The number of hydrogen-bond donors (Lipinski definition) is 0. The van der Waals surface area contributed by atoms with Gasteiger partial charge in [-0.25, -0.2) is 0 Å². The maximum Gasteiger partial charge on any atom is 0.122 e. The summed E-state index contributed by atoms with van der Waals surface area (Å²) >= 11 is 0. The first-order chi connectivity index (χ1) is 10.9. The van der Waals surface area contributed by atoms with Crippen molar-refractivity contribution in [1.82, 2.24) is 8.97 Å². The minimum Gasteiger partial charge on any atom is -0.303 e. The van der Waals surface area contributed by atoms with Crippen molar-refractivity contribution in [2.75, 3.05) is 0 Å². The van der Waals surface area contributed by atoms with Crippen LogP contribution in [0.15, 0.2) is 85.1 Å². The van der Waals surface area contributed by atoms with Crippen molar-refractivity contribution in [1.29, 1.82) is 0 Å². The van der Waals surface area contributed by atoms with Gasteiger partial charge in [0.05, 0.1) is 11.0 Å². The standard InChI is InChI=1S/C20H14N2/c1-3-10-18-16(8-1)17-9-2-4-11-19(17)22(18)20-13-12-15-7-5-6-14-21(15)20/h1-14H. The van der Waals surface area contributed by atoms with E-state index in [0.29, 0.717) is 0 Å². The number of pyridine rings is 1. The van der Waals surface area contributed by atoms with Gasteiger partial charge in [0, 0.05) is 22.5 Å². The zero-order valence-electron chi connectivity index (χ0n) is 12.0. The van der Waals surface area contributed by atoms with Crippen molar-refractivity contribution in [2.45, 2.75) is 0 Å². The molecule has 104 valence electrons. The summed E-state index contributed by atoms with van der Waals surface area (Å²) in [5.41, 5.74) is 3.69. The van der Waals surface area contributed by atoms with Crippen molar-refractivity contribution in [3.63, 3.8) is 0 Å². The number of benzene rings is 2. The van der Waals surface area contributed by atoms with Crippen molar-refractivity contribution >= 4 is 27.3 Å². The fourth-order valence-electron chi connectivity index (χ4n) is 3.39. The summed E-state index contributed by atoms with van der Waals surface area (Å²) in [6.07, 6.45) is 2.12. The third-order valence-electron chi connectivity index (χ3n) is 4.35. The molecule has 0 aliphatic carbocycles. The summed E-state index contributed by atoms with van der Waals surface area (Å²) in [5.74, 6) is 1.17. The number of rotatable bonds is 1. The quantitative estimate of drug-likeness (QED) is 0.407. The normalized spacial score (nSPS) is 11.6. The number of para-hydroxylation sites is 2. The van der Waals surface area contributed by atoms with Gasteiger partial charge in [-0.05, 0) is 36.4 Å². The Morgan fingerprint density at radius 1 is 0.545 bits per heavy atom. The first kappa shape index (κ1) is 11.6. The topological polar surface area (TPSA) is 9.34 Å². The largest absolute Gasteiger partial charge is 0.303 e. The maximum absolute atomic E-state index is 2.34. The van der Waals surface area contributed by atoms with Gasteiger partial charge in [-0.3, -0.25) is 4.57 Å². The van der Waals surface area contributed by atoms with E-state index in [9.17, 15) is 0 Å². The SMILES string of the molecule is c1ccc2c(c1)c1ccccc1n2-c1ccc2ccccn12. The highest BCUT2D eigenvalue weighted by atomic mass is 15.1. The second kappa shape index (κ2) is 4.25. The van der Waals surface area contributed by atoms with Gasteiger partial charge in [-0.1, -0.05) is 42.5 Å². The molecule has 5 rings (SSSR count). The summed E-state index contributed by atoms with van der Waals surface area (Å²) in [7, 11) is 0. The van der Waals surface area contributed by atoms with Crippen LogP contribution in [0, 0.1) is 0 Å². The lowest BCUT2D eigenvalue weighted by atomic mass is 10.2. The van der Waals surface area contributed by atoms with Crippen LogP contribution >= 0.6 is 0 Å². The third kappa shape index (κ3) is 1.44. The van der Waals surface area contributed by atoms with Crippen LogP contribution in [0.5, 0.6) is 0 Å². The molecule has 5 aromatic rings. The Hall–Kier alpha value is -3.00. The molecule has 0 radical (unpaired) electrons. The van der Waals surface area contributed by atoms with Gasteiger partial charge in [0.2, 0.25) is 0 Å². The van der Waals surface area contributed by atoms with Crippen LogP contribution in [0.25, 0.3) is 33.1 Å². The Labute approximate surface area is 127 Å². The lowest BCUT2D eigenvalue weighted by Gasteiger charge is -2.08. The highest BCUT2D eigenvalue weighted by Gasteiger charge is 2.13. The molecule has 0 saturated heterocycles. The van der Waals surface area contributed by atoms with Crippen LogP contribution < -0.4 is 0 Å². The molecule has 0 N–H and O–H groups in total. The molecule has 2 nitrogen and oxygen atoms in total. The average Bonchev–Trinajstić information content (AvgIpc) is 3.14. The van der Waals surface area contributed by atoms with E-state index < -0.39 is 0 Å². The predicted octanol–water partition coefficient (Wildman–Crippen LogP) is 5.04. The fraction of sp³-hybridized carbons (Fsp3) is 0. The van der Waals surface area contributed by atoms with E-state index in [4.69, 9.17) is 0 Å². The Balaban J connectivity index is 2.02. The second-order valence-electron chi connectivity index (χ2n) is 5.56. The summed E-state index contributed by atoms with van der Waals surface area (Å²) in [6, 6.07) is 27.8. The predicted molar refractivity (Wildman–Crippen MR) is 91.7 cm³/mol. The number of fused-ring (bicyclic) bond motifs is 4. The molecule has 0 unspecified atom stereocenters. The van der Waals surface area contributed by atoms with Crippen LogP contribution in [-0.2, 0) is 0 Å². The highest BCUT2D eigenvalue weighted by Crippen LogP contribution is 2.32. The molecule has 0 saturated carbocycles. The molecular formula is C20H14N2. The van der Waals surface area contributed by atoms with Gasteiger partial charge < -0.3 is 4.40 Å². The number of nitrogens with zero attached hydrogens (tertiary/aromatic N) is 2. The van der Waals surface area contributed by atoms with Gasteiger partial charge >= 0.3 is 0 Å². The monoisotopic (exact) mass is 282 g/mol.